The van der Waals surface area contributed by atoms with Crippen LogP contribution >= 0.6 is 0 Å². The van der Waals surface area contributed by atoms with Crippen LogP contribution in [0, 0.1) is 0 Å². The zero-order valence-corrected chi connectivity index (χ0v) is 5.52. The van der Waals surface area contributed by atoms with Crippen molar-refractivity contribution >= 4 is 0 Å². The molecular formula is C5H8F3N2. The Morgan fingerprint density at radius 3 is 2.30 bits per heavy atom. The zero-order valence-electron chi connectivity index (χ0n) is 5.52. The van der Waals surface area contributed by atoms with Crippen molar-refractivity contribution in [3.63, 3.8) is 0 Å². The number of alkyl halides is 3. The van der Waals surface area contributed by atoms with Crippen LogP contribution in [0.5, 0.6) is 0 Å². The third kappa shape index (κ3) is 1.60. The molecule has 0 aliphatic carbocycles. The predicted octanol–water partition coefficient (Wildman–Crippen LogP) is 0.772. The van der Waals surface area contributed by atoms with E-state index in [0.717, 1.165) is 0 Å². The quantitative estimate of drug-likeness (QED) is 0.502. The van der Waals surface area contributed by atoms with Crippen molar-refractivity contribution < 1.29 is 13.2 Å². The number of halogens is 3. The lowest BCUT2D eigenvalue weighted by molar-refractivity contribution is -0.157. The molecular weight excluding hydrogens is 145 g/mol. The van der Waals surface area contributed by atoms with Crippen molar-refractivity contribution in [1.82, 2.24) is 10.4 Å². The van der Waals surface area contributed by atoms with Crippen LogP contribution in [0.4, 0.5) is 13.2 Å². The van der Waals surface area contributed by atoms with Crippen molar-refractivity contribution in [3.05, 3.63) is 0 Å². The lowest BCUT2D eigenvalue weighted by Crippen LogP contribution is -2.36. The summed E-state index contributed by atoms with van der Waals surface area (Å²) >= 11 is 0. The molecule has 0 amide bonds. The van der Waals surface area contributed by atoms with Crippen LogP contribution in [0.1, 0.15) is 6.42 Å². The van der Waals surface area contributed by atoms with Crippen LogP contribution in [-0.4, -0.2) is 30.8 Å². The van der Waals surface area contributed by atoms with Gasteiger partial charge >= 0.3 is 6.18 Å². The molecule has 0 aromatic carbocycles. The van der Waals surface area contributed by atoms with Gasteiger partial charge in [0.1, 0.15) is 6.04 Å². The SMILES string of the molecule is CN1CCC(C(F)(F)F)[N]1. The molecule has 0 N–H and O–H groups in total. The Morgan fingerprint density at radius 2 is 2.10 bits per heavy atom. The largest absolute Gasteiger partial charge is 0.407 e. The van der Waals surface area contributed by atoms with Crippen LogP contribution in [0.2, 0.25) is 0 Å². The van der Waals surface area contributed by atoms with Gasteiger partial charge in [-0.3, -0.25) is 0 Å². The van der Waals surface area contributed by atoms with Gasteiger partial charge in [0.05, 0.1) is 0 Å². The second-order valence-corrected chi connectivity index (χ2v) is 2.34. The van der Waals surface area contributed by atoms with E-state index in [9.17, 15) is 13.2 Å². The van der Waals surface area contributed by atoms with Crippen molar-refractivity contribution in [2.45, 2.75) is 18.6 Å². The summed E-state index contributed by atoms with van der Waals surface area (Å²) in [6.07, 6.45) is -4.05. The van der Waals surface area contributed by atoms with E-state index in [1.54, 1.807) is 7.05 Å². The van der Waals surface area contributed by atoms with E-state index >= 15 is 0 Å². The minimum Gasteiger partial charge on any atom is -0.229 e. The molecule has 1 rings (SSSR count). The molecule has 0 saturated carbocycles. The van der Waals surface area contributed by atoms with Gasteiger partial charge in [-0.25, -0.2) is 5.01 Å². The lowest BCUT2D eigenvalue weighted by Gasteiger charge is -2.13. The summed E-state index contributed by atoms with van der Waals surface area (Å²) < 4.78 is 35.4. The first-order chi connectivity index (χ1) is 4.50. The highest BCUT2D eigenvalue weighted by atomic mass is 19.4. The highest BCUT2D eigenvalue weighted by Gasteiger charge is 2.43. The molecule has 2 nitrogen and oxygen atoms in total. The fraction of sp³-hybridized carbons (Fsp3) is 1.00. The third-order valence-corrected chi connectivity index (χ3v) is 1.44. The third-order valence-electron chi connectivity index (χ3n) is 1.44. The monoisotopic (exact) mass is 153 g/mol. The maximum absolute atomic E-state index is 11.8. The maximum Gasteiger partial charge on any atom is 0.407 e. The highest BCUT2D eigenvalue weighted by Crippen LogP contribution is 2.26. The summed E-state index contributed by atoms with van der Waals surface area (Å²) in [5.74, 6) is 0. The average Bonchev–Trinajstić information content (AvgIpc) is 2.11. The van der Waals surface area contributed by atoms with E-state index < -0.39 is 12.2 Å². The molecule has 1 saturated heterocycles. The molecule has 1 unspecified atom stereocenters. The predicted molar refractivity (Wildman–Crippen MR) is 29.2 cm³/mol. The van der Waals surface area contributed by atoms with Crippen LogP contribution in [0.15, 0.2) is 0 Å². The molecule has 1 aliphatic heterocycles. The summed E-state index contributed by atoms with van der Waals surface area (Å²) in [7, 11) is 1.55. The van der Waals surface area contributed by atoms with Gasteiger partial charge in [0.15, 0.2) is 0 Å². The molecule has 0 spiro atoms. The summed E-state index contributed by atoms with van der Waals surface area (Å²) in [6.45, 7) is 0.407. The van der Waals surface area contributed by atoms with Crippen molar-refractivity contribution in [2.24, 2.45) is 0 Å². The Hall–Kier alpha value is -0.290. The van der Waals surface area contributed by atoms with Gasteiger partial charge in [-0.05, 0) is 6.42 Å². The maximum atomic E-state index is 11.8. The first-order valence-electron chi connectivity index (χ1n) is 2.99. The number of hydrogen-bond acceptors (Lipinski definition) is 1. The van der Waals surface area contributed by atoms with Gasteiger partial charge in [-0.15, -0.1) is 5.43 Å². The Kier molecular flexibility index (Phi) is 1.87. The van der Waals surface area contributed by atoms with E-state index in [-0.39, 0.29) is 6.42 Å². The molecule has 0 aromatic rings. The Bertz CT molecular complexity index is 123. The fourth-order valence-corrected chi connectivity index (χ4v) is 0.892. The average molecular weight is 153 g/mol. The Balaban J connectivity index is 2.45. The molecule has 0 aromatic heterocycles. The molecule has 1 radical (unpaired) electrons. The van der Waals surface area contributed by atoms with E-state index in [0.29, 0.717) is 6.54 Å². The summed E-state index contributed by atoms with van der Waals surface area (Å²) in [5, 5.41) is 1.33. The number of hydrogen-bond donors (Lipinski definition) is 0. The lowest BCUT2D eigenvalue weighted by atomic mass is 10.2. The van der Waals surface area contributed by atoms with Gasteiger partial charge in [-0.1, -0.05) is 0 Å². The second-order valence-electron chi connectivity index (χ2n) is 2.34. The molecule has 5 heteroatoms. The smallest absolute Gasteiger partial charge is 0.229 e. The first-order valence-corrected chi connectivity index (χ1v) is 2.99. The fourth-order valence-electron chi connectivity index (χ4n) is 0.892. The van der Waals surface area contributed by atoms with Crippen LogP contribution in [0.25, 0.3) is 0 Å². The minimum atomic E-state index is -4.15. The van der Waals surface area contributed by atoms with Gasteiger partial charge in [0, 0.05) is 13.6 Å². The zero-order chi connectivity index (χ0) is 7.78. The molecule has 10 heavy (non-hydrogen) atoms. The molecule has 0 bridgehead atoms. The van der Waals surface area contributed by atoms with E-state index in [1.807, 2.05) is 0 Å². The van der Waals surface area contributed by atoms with E-state index in [1.165, 1.54) is 5.01 Å². The van der Waals surface area contributed by atoms with Crippen molar-refractivity contribution in [2.75, 3.05) is 13.6 Å². The second kappa shape index (κ2) is 2.39. The summed E-state index contributed by atoms with van der Waals surface area (Å²) in [5.41, 5.74) is 3.37. The first kappa shape index (κ1) is 7.81. The highest BCUT2D eigenvalue weighted by molar-refractivity contribution is 4.78. The van der Waals surface area contributed by atoms with Gasteiger partial charge in [0.2, 0.25) is 0 Å². The Labute approximate surface area is 57.0 Å². The number of nitrogens with zero attached hydrogens (tertiary/aromatic N) is 2. The standard InChI is InChI=1S/C5H8F3N2/c1-10-3-2-4(9-10)5(6,7)8/h4H,2-3H2,1H3. The Morgan fingerprint density at radius 1 is 1.50 bits per heavy atom. The van der Waals surface area contributed by atoms with Crippen molar-refractivity contribution in [3.8, 4) is 0 Å². The molecule has 1 aliphatic rings. The van der Waals surface area contributed by atoms with Gasteiger partial charge in [0.25, 0.3) is 0 Å². The van der Waals surface area contributed by atoms with E-state index in [4.69, 9.17) is 0 Å². The van der Waals surface area contributed by atoms with E-state index in [2.05, 4.69) is 5.43 Å². The van der Waals surface area contributed by atoms with Crippen molar-refractivity contribution in [1.29, 1.82) is 0 Å². The number of rotatable bonds is 0. The minimum absolute atomic E-state index is 0.0972. The molecule has 59 valence electrons. The van der Waals surface area contributed by atoms with Gasteiger partial charge < -0.3 is 0 Å². The normalized spacial score (nSPS) is 29.4. The topological polar surface area (TPSA) is 17.3 Å². The van der Waals surface area contributed by atoms with Crippen LogP contribution < -0.4 is 5.43 Å². The summed E-state index contributed by atoms with van der Waals surface area (Å²) in [4.78, 5) is 0. The van der Waals surface area contributed by atoms with Crippen LogP contribution in [0.3, 0.4) is 0 Å². The molecule has 1 atom stereocenters. The van der Waals surface area contributed by atoms with Gasteiger partial charge in [-0.2, -0.15) is 13.2 Å². The summed E-state index contributed by atoms with van der Waals surface area (Å²) in [6, 6.07) is -1.46. The molecule has 1 heterocycles. The van der Waals surface area contributed by atoms with Crippen LogP contribution in [-0.2, 0) is 0 Å². The molecule has 1 fully saturated rings.